The molecule has 1 aliphatic rings. The molecule has 2 amide bonds. The highest BCUT2D eigenvalue weighted by Gasteiger charge is 2.34. The van der Waals surface area contributed by atoms with Gasteiger partial charge in [0.2, 0.25) is 0 Å². The van der Waals surface area contributed by atoms with Gasteiger partial charge in [0.05, 0.1) is 21.2 Å². The number of likely N-dealkylation sites (tertiary alicyclic amines) is 1. The van der Waals surface area contributed by atoms with E-state index < -0.39 is 31.7 Å². The molecule has 2 aromatic rings. The summed E-state index contributed by atoms with van der Waals surface area (Å²) in [5.74, 6) is 0. The lowest BCUT2D eigenvalue weighted by atomic mass is 10.2. The fourth-order valence-corrected chi connectivity index (χ4v) is 4.54. The number of halogens is 4. The molecular weight excluding hydrogens is 455 g/mol. The molecule has 2 aromatic carbocycles. The van der Waals surface area contributed by atoms with Crippen LogP contribution in [0.1, 0.15) is 31.2 Å². The Morgan fingerprint density at radius 2 is 1.61 bits per heavy atom. The van der Waals surface area contributed by atoms with E-state index in [2.05, 4.69) is 10.0 Å². The third-order valence-corrected chi connectivity index (χ3v) is 6.52. The first-order chi connectivity index (χ1) is 14.6. The summed E-state index contributed by atoms with van der Waals surface area (Å²) in [4.78, 5) is 13.6. The molecule has 0 radical (unpaired) electrons. The number of hydrogen-bond donors (Lipinski definition) is 2. The van der Waals surface area contributed by atoms with Crippen LogP contribution in [0.2, 0.25) is 5.02 Å². The minimum absolute atomic E-state index is 0.0946. The van der Waals surface area contributed by atoms with Crippen LogP contribution in [0.25, 0.3) is 0 Å². The van der Waals surface area contributed by atoms with Gasteiger partial charge in [0.1, 0.15) is 0 Å². The Bertz CT molecular complexity index is 1050. The number of hydrogen-bond acceptors (Lipinski definition) is 3. The molecule has 0 saturated carbocycles. The Balaban J connectivity index is 1.76. The average molecular weight is 476 g/mol. The molecule has 3 rings (SSSR count). The molecule has 6 nitrogen and oxygen atoms in total. The lowest BCUT2D eigenvalue weighted by Gasteiger charge is -2.21. The van der Waals surface area contributed by atoms with Crippen LogP contribution in [0.4, 0.5) is 29.3 Å². The molecule has 2 N–H and O–H groups in total. The van der Waals surface area contributed by atoms with Crippen LogP contribution in [0.3, 0.4) is 0 Å². The zero-order valence-corrected chi connectivity index (χ0v) is 17.9. The van der Waals surface area contributed by atoms with Gasteiger partial charge in [-0.3, -0.25) is 4.72 Å². The predicted molar refractivity (Wildman–Crippen MR) is 113 cm³/mol. The zero-order valence-electron chi connectivity index (χ0n) is 16.4. The molecule has 0 aromatic heterocycles. The van der Waals surface area contributed by atoms with Crippen LogP contribution in [-0.4, -0.2) is 32.4 Å². The number of carbonyl (C=O) groups is 1. The topological polar surface area (TPSA) is 78.5 Å². The van der Waals surface area contributed by atoms with Crippen molar-refractivity contribution in [2.45, 2.75) is 36.8 Å². The fourth-order valence-electron chi connectivity index (χ4n) is 3.24. The normalized spacial score (nSPS) is 15.3. The molecular formula is C20H21ClF3N3O3S. The Labute approximate surface area is 183 Å². The van der Waals surface area contributed by atoms with Crippen LogP contribution in [0, 0.1) is 0 Å². The first-order valence-electron chi connectivity index (χ1n) is 9.62. The van der Waals surface area contributed by atoms with E-state index in [1.165, 1.54) is 18.2 Å². The zero-order chi connectivity index (χ0) is 22.6. The second-order valence-corrected chi connectivity index (χ2v) is 9.25. The first-order valence-corrected chi connectivity index (χ1v) is 11.5. The van der Waals surface area contributed by atoms with E-state index in [9.17, 15) is 26.4 Å². The molecule has 31 heavy (non-hydrogen) atoms. The largest absolute Gasteiger partial charge is 0.417 e. The number of alkyl halides is 3. The number of benzene rings is 2. The fraction of sp³-hybridized carbons (Fsp3) is 0.350. The van der Waals surface area contributed by atoms with Gasteiger partial charge >= 0.3 is 12.2 Å². The summed E-state index contributed by atoms with van der Waals surface area (Å²) in [7, 11) is -4.32. The second-order valence-electron chi connectivity index (χ2n) is 7.16. The Kier molecular flexibility index (Phi) is 7.00. The van der Waals surface area contributed by atoms with Crippen molar-refractivity contribution in [2.24, 2.45) is 0 Å². The van der Waals surface area contributed by atoms with Gasteiger partial charge < -0.3 is 10.2 Å². The van der Waals surface area contributed by atoms with Crippen LogP contribution in [-0.2, 0) is 16.2 Å². The SMILES string of the molecule is O=C(Nc1cccc(NS(=O)(=O)c2ccc(Cl)c(C(F)(F)F)c2)c1)N1CCCCCC1. The Morgan fingerprint density at radius 3 is 2.26 bits per heavy atom. The van der Waals surface area contributed by atoms with Crippen molar-refractivity contribution in [2.75, 3.05) is 23.1 Å². The molecule has 0 spiro atoms. The van der Waals surface area contributed by atoms with E-state index in [-0.39, 0.29) is 11.7 Å². The average Bonchev–Trinajstić information content (AvgIpc) is 2.97. The van der Waals surface area contributed by atoms with Crippen molar-refractivity contribution in [3.63, 3.8) is 0 Å². The van der Waals surface area contributed by atoms with Crippen molar-refractivity contribution in [3.8, 4) is 0 Å². The summed E-state index contributed by atoms with van der Waals surface area (Å²) in [6.45, 7) is 1.30. The third kappa shape index (κ3) is 6.04. The lowest BCUT2D eigenvalue weighted by Crippen LogP contribution is -2.35. The third-order valence-electron chi connectivity index (χ3n) is 4.81. The summed E-state index contributed by atoms with van der Waals surface area (Å²) >= 11 is 5.56. The highest BCUT2D eigenvalue weighted by molar-refractivity contribution is 7.92. The summed E-state index contributed by atoms with van der Waals surface area (Å²) in [6.07, 6.45) is -0.799. The molecule has 0 aliphatic carbocycles. The highest BCUT2D eigenvalue weighted by Crippen LogP contribution is 2.36. The molecule has 0 bridgehead atoms. The van der Waals surface area contributed by atoms with Crippen molar-refractivity contribution < 1.29 is 26.4 Å². The minimum Gasteiger partial charge on any atom is -0.325 e. The lowest BCUT2D eigenvalue weighted by molar-refractivity contribution is -0.137. The minimum atomic E-state index is -4.79. The number of urea groups is 1. The number of anilines is 2. The van der Waals surface area contributed by atoms with E-state index in [0.29, 0.717) is 24.8 Å². The van der Waals surface area contributed by atoms with Gasteiger partial charge in [-0.25, -0.2) is 13.2 Å². The van der Waals surface area contributed by atoms with Crippen molar-refractivity contribution >= 4 is 39.0 Å². The van der Waals surface area contributed by atoms with Crippen LogP contribution < -0.4 is 10.0 Å². The molecule has 1 fully saturated rings. The summed E-state index contributed by atoms with van der Waals surface area (Å²) < 4.78 is 66.6. The van der Waals surface area contributed by atoms with Gasteiger partial charge in [-0.2, -0.15) is 13.2 Å². The number of nitrogens with zero attached hydrogens (tertiary/aromatic N) is 1. The van der Waals surface area contributed by atoms with Gasteiger partial charge in [0, 0.05) is 18.8 Å². The quantitative estimate of drug-likeness (QED) is 0.607. The van der Waals surface area contributed by atoms with Crippen molar-refractivity contribution in [3.05, 3.63) is 53.1 Å². The monoisotopic (exact) mass is 475 g/mol. The Hall–Kier alpha value is -2.46. The van der Waals surface area contributed by atoms with Gasteiger partial charge in [-0.05, 0) is 49.2 Å². The highest BCUT2D eigenvalue weighted by atomic mass is 35.5. The second kappa shape index (κ2) is 9.35. The van der Waals surface area contributed by atoms with E-state index >= 15 is 0 Å². The number of nitrogens with one attached hydrogen (secondary N) is 2. The summed E-state index contributed by atoms with van der Waals surface area (Å²) in [5.41, 5.74) is -0.783. The maximum atomic E-state index is 13.1. The summed E-state index contributed by atoms with van der Waals surface area (Å²) in [6, 6.07) is 8.02. The van der Waals surface area contributed by atoms with Gasteiger partial charge in [0.25, 0.3) is 10.0 Å². The maximum absolute atomic E-state index is 13.1. The molecule has 1 aliphatic heterocycles. The van der Waals surface area contributed by atoms with E-state index in [0.717, 1.165) is 37.8 Å². The first kappa shape index (κ1) is 23.2. The van der Waals surface area contributed by atoms with Crippen LogP contribution >= 0.6 is 11.6 Å². The Morgan fingerprint density at radius 1 is 0.968 bits per heavy atom. The molecule has 0 atom stereocenters. The smallest absolute Gasteiger partial charge is 0.325 e. The van der Waals surface area contributed by atoms with Crippen LogP contribution in [0.15, 0.2) is 47.4 Å². The van der Waals surface area contributed by atoms with E-state index in [4.69, 9.17) is 11.6 Å². The van der Waals surface area contributed by atoms with Gasteiger partial charge in [-0.1, -0.05) is 30.5 Å². The number of amides is 2. The standard InChI is InChI=1S/C20H21ClF3N3O3S/c21-18-9-8-16(13-17(18)20(22,23)24)31(29,30)26-15-7-5-6-14(12-15)25-19(28)27-10-3-1-2-4-11-27/h5-9,12-13,26H,1-4,10-11H2,(H,25,28). The number of sulfonamides is 1. The maximum Gasteiger partial charge on any atom is 0.417 e. The molecule has 11 heteroatoms. The molecule has 0 unspecified atom stereocenters. The van der Waals surface area contributed by atoms with Gasteiger partial charge in [0.15, 0.2) is 0 Å². The van der Waals surface area contributed by atoms with E-state index in [1.807, 2.05) is 0 Å². The van der Waals surface area contributed by atoms with Crippen LogP contribution in [0.5, 0.6) is 0 Å². The predicted octanol–water partition coefficient (Wildman–Crippen LogP) is 5.57. The molecule has 1 heterocycles. The van der Waals surface area contributed by atoms with Crippen molar-refractivity contribution in [1.29, 1.82) is 0 Å². The summed E-state index contributed by atoms with van der Waals surface area (Å²) in [5, 5.41) is 2.13. The number of rotatable bonds is 4. The number of carbonyl (C=O) groups excluding carboxylic acids is 1. The van der Waals surface area contributed by atoms with Crippen molar-refractivity contribution in [1.82, 2.24) is 4.90 Å². The van der Waals surface area contributed by atoms with Gasteiger partial charge in [-0.15, -0.1) is 0 Å². The molecule has 1 saturated heterocycles. The van der Waals surface area contributed by atoms with E-state index in [1.54, 1.807) is 11.0 Å². The molecule has 168 valence electrons.